The number of anilines is 2. The molecule has 3 aliphatic rings. The van der Waals surface area contributed by atoms with Crippen LogP contribution in [-0.2, 0) is 15.0 Å². The molecule has 5 rings (SSSR count). The molecular formula is C20H22N4O2. The summed E-state index contributed by atoms with van der Waals surface area (Å²) in [5.41, 5.74) is 1.71. The van der Waals surface area contributed by atoms with Crippen molar-refractivity contribution in [2.45, 2.75) is 43.9 Å². The minimum Gasteiger partial charge on any atom is -0.311 e. The Balaban J connectivity index is 1.62. The number of nitrogens with zero attached hydrogens (tertiary/aromatic N) is 2. The summed E-state index contributed by atoms with van der Waals surface area (Å²) in [4.78, 5) is 28.1. The lowest BCUT2D eigenvalue weighted by molar-refractivity contribution is -0.126. The Kier molecular flexibility index (Phi) is 3.42. The average Bonchev–Trinajstić information content (AvgIpc) is 3.21. The molecule has 1 atom stereocenters. The Morgan fingerprint density at radius 2 is 1.92 bits per heavy atom. The maximum Gasteiger partial charge on any atom is 0.242 e. The van der Waals surface area contributed by atoms with Gasteiger partial charge >= 0.3 is 0 Å². The van der Waals surface area contributed by atoms with E-state index in [2.05, 4.69) is 15.5 Å². The summed E-state index contributed by atoms with van der Waals surface area (Å²) >= 11 is 0. The number of hydrogen-bond acceptors (Lipinski definition) is 3. The molecule has 2 amide bonds. The number of benzene rings is 1. The molecule has 0 saturated heterocycles. The van der Waals surface area contributed by atoms with Crippen LogP contribution in [0.5, 0.6) is 0 Å². The highest BCUT2D eigenvalue weighted by atomic mass is 16.2. The topological polar surface area (TPSA) is 78.1 Å². The second-order valence-corrected chi connectivity index (χ2v) is 7.73. The molecule has 1 spiro atoms. The van der Waals surface area contributed by atoms with Crippen molar-refractivity contribution >= 4 is 23.3 Å². The number of aromatic nitrogens is 2. The van der Waals surface area contributed by atoms with Crippen LogP contribution >= 0.6 is 0 Å². The van der Waals surface area contributed by atoms with E-state index in [0.717, 1.165) is 23.4 Å². The van der Waals surface area contributed by atoms with E-state index in [4.69, 9.17) is 0 Å². The number of nitrogens with one attached hydrogen (secondary N) is 2. The monoisotopic (exact) mass is 350 g/mol. The van der Waals surface area contributed by atoms with E-state index in [0.29, 0.717) is 11.7 Å². The summed E-state index contributed by atoms with van der Waals surface area (Å²) in [7, 11) is 0. The molecule has 1 aliphatic carbocycles. The van der Waals surface area contributed by atoms with Crippen molar-refractivity contribution in [3.63, 3.8) is 0 Å². The molecule has 6 nitrogen and oxygen atoms in total. The standard InChI is InChI=1S/C20H22N4O2/c25-17-10-20(15-11-21-23-18(15)22-17)14-8-4-5-9-16(14)24(19(20)26)12-13-6-2-1-3-7-13/h4-5,8-9,11,13H,1-3,6-7,10,12H2,(H2,21,22,23,25)/t20-/m0/s1. The summed E-state index contributed by atoms with van der Waals surface area (Å²) in [6.45, 7) is 0.742. The summed E-state index contributed by atoms with van der Waals surface area (Å²) in [5.74, 6) is 0.951. The first kappa shape index (κ1) is 15.6. The molecule has 1 fully saturated rings. The Bertz CT molecular complexity index is 883. The number of fused-ring (bicyclic) bond motifs is 4. The van der Waals surface area contributed by atoms with Crippen LogP contribution < -0.4 is 10.2 Å². The molecule has 2 aliphatic heterocycles. The highest BCUT2D eigenvalue weighted by Crippen LogP contribution is 2.52. The van der Waals surface area contributed by atoms with E-state index in [1.807, 2.05) is 29.2 Å². The second kappa shape index (κ2) is 5.69. The molecule has 3 heterocycles. The first-order valence-corrected chi connectivity index (χ1v) is 9.45. The van der Waals surface area contributed by atoms with Crippen molar-refractivity contribution in [1.82, 2.24) is 10.2 Å². The number of hydrogen-bond donors (Lipinski definition) is 2. The Morgan fingerprint density at radius 3 is 2.77 bits per heavy atom. The fourth-order valence-electron chi connectivity index (χ4n) is 4.99. The first-order chi connectivity index (χ1) is 12.7. The van der Waals surface area contributed by atoms with E-state index < -0.39 is 5.41 Å². The molecule has 2 N–H and O–H groups in total. The first-order valence-electron chi connectivity index (χ1n) is 9.45. The molecule has 2 aromatic rings. The van der Waals surface area contributed by atoms with Crippen LogP contribution in [0.2, 0.25) is 0 Å². The van der Waals surface area contributed by atoms with E-state index in [1.54, 1.807) is 6.20 Å². The summed E-state index contributed by atoms with van der Waals surface area (Å²) in [5, 5.41) is 9.74. The predicted molar refractivity (Wildman–Crippen MR) is 98.0 cm³/mol. The van der Waals surface area contributed by atoms with Crippen LogP contribution in [0.1, 0.15) is 49.7 Å². The SMILES string of the molecule is O=C1C[C@@]2(C(=O)N(CC3CCCCC3)c3ccccc32)c2cn[nH]c2N1. The van der Waals surface area contributed by atoms with Crippen LogP contribution in [0.25, 0.3) is 0 Å². The van der Waals surface area contributed by atoms with Gasteiger partial charge in [-0.1, -0.05) is 37.5 Å². The zero-order chi connectivity index (χ0) is 17.7. The number of H-pyrrole nitrogens is 1. The molecule has 0 bridgehead atoms. The predicted octanol–water partition coefficient (Wildman–Crippen LogP) is 2.96. The van der Waals surface area contributed by atoms with Gasteiger partial charge in [0.1, 0.15) is 11.2 Å². The molecule has 6 heteroatoms. The van der Waals surface area contributed by atoms with Crippen molar-refractivity contribution in [3.8, 4) is 0 Å². The molecular weight excluding hydrogens is 328 g/mol. The third kappa shape index (κ3) is 2.08. The molecule has 26 heavy (non-hydrogen) atoms. The quantitative estimate of drug-likeness (QED) is 0.874. The fourth-order valence-corrected chi connectivity index (χ4v) is 4.99. The van der Waals surface area contributed by atoms with Crippen molar-refractivity contribution in [3.05, 3.63) is 41.6 Å². The van der Waals surface area contributed by atoms with Gasteiger partial charge in [0.2, 0.25) is 11.8 Å². The second-order valence-electron chi connectivity index (χ2n) is 7.73. The lowest BCUT2D eigenvalue weighted by Crippen LogP contribution is -2.47. The Hall–Kier alpha value is -2.63. The van der Waals surface area contributed by atoms with E-state index in [-0.39, 0.29) is 18.2 Å². The number of para-hydroxylation sites is 1. The van der Waals surface area contributed by atoms with Gasteiger partial charge in [-0.3, -0.25) is 14.7 Å². The van der Waals surface area contributed by atoms with Gasteiger partial charge in [0.25, 0.3) is 0 Å². The van der Waals surface area contributed by atoms with Gasteiger partial charge in [0.15, 0.2) is 0 Å². The summed E-state index contributed by atoms with van der Waals surface area (Å²) in [6, 6.07) is 7.92. The number of carbonyl (C=O) groups is 2. The average molecular weight is 350 g/mol. The third-order valence-corrected chi connectivity index (χ3v) is 6.22. The van der Waals surface area contributed by atoms with Crippen LogP contribution in [0.3, 0.4) is 0 Å². The Labute approximate surface area is 152 Å². The lowest BCUT2D eigenvalue weighted by Gasteiger charge is -2.33. The number of rotatable bonds is 2. The minimum atomic E-state index is -0.948. The van der Waals surface area contributed by atoms with Gasteiger partial charge in [-0.2, -0.15) is 5.10 Å². The van der Waals surface area contributed by atoms with Crippen molar-refractivity contribution in [2.24, 2.45) is 5.92 Å². The van der Waals surface area contributed by atoms with E-state index >= 15 is 0 Å². The number of aromatic amines is 1. The van der Waals surface area contributed by atoms with Gasteiger partial charge < -0.3 is 10.2 Å². The Morgan fingerprint density at radius 1 is 1.12 bits per heavy atom. The van der Waals surface area contributed by atoms with Gasteiger partial charge in [-0.15, -0.1) is 0 Å². The van der Waals surface area contributed by atoms with Gasteiger partial charge in [0, 0.05) is 24.2 Å². The van der Waals surface area contributed by atoms with Crippen molar-refractivity contribution in [2.75, 3.05) is 16.8 Å². The van der Waals surface area contributed by atoms with Gasteiger partial charge in [-0.05, 0) is 30.4 Å². The maximum atomic E-state index is 13.7. The highest BCUT2D eigenvalue weighted by molar-refractivity contribution is 6.15. The van der Waals surface area contributed by atoms with Crippen LogP contribution in [0.4, 0.5) is 11.5 Å². The smallest absolute Gasteiger partial charge is 0.242 e. The zero-order valence-corrected chi connectivity index (χ0v) is 14.6. The fraction of sp³-hybridized carbons (Fsp3) is 0.450. The van der Waals surface area contributed by atoms with Crippen molar-refractivity contribution < 1.29 is 9.59 Å². The van der Waals surface area contributed by atoms with Crippen molar-refractivity contribution in [1.29, 1.82) is 0 Å². The molecule has 1 aromatic heterocycles. The molecule has 0 radical (unpaired) electrons. The number of amides is 2. The van der Waals surface area contributed by atoms with Crippen LogP contribution in [0, 0.1) is 5.92 Å². The largest absolute Gasteiger partial charge is 0.311 e. The van der Waals surface area contributed by atoms with Gasteiger partial charge in [-0.25, -0.2) is 0 Å². The molecule has 1 saturated carbocycles. The minimum absolute atomic E-state index is 0.0155. The van der Waals surface area contributed by atoms with E-state index in [9.17, 15) is 9.59 Å². The summed E-state index contributed by atoms with van der Waals surface area (Å²) < 4.78 is 0. The third-order valence-electron chi connectivity index (χ3n) is 6.22. The van der Waals surface area contributed by atoms with Crippen LogP contribution in [-0.4, -0.2) is 28.6 Å². The normalized spacial score (nSPS) is 25.3. The molecule has 1 aromatic carbocycles. The van der Waals surface area contributed by atoms with Gasteiger partial charge in [0.05, 0.1) is 6.20 Å². The lowest BCUT2D eigenvalue weighted by atomic mass is 9.72. The van der Waals surface area contributed by atoms with E-state index in [1.165, 1.54) is 32.1 Å². The zero-order valence-electron chi connectivity index (χ0n) is 14.6. The molecule has 0 unspecified atom stereocenters. The molecule has 134 valence electrons. The van der Waals surface area contributed by atoms with Crippen LogP contribution in [0.15, 0.2) is 30.5 Å². The maximum absolute atomic E-state index is 13.7. The highest BCUT2D eigenvalue weighted by Gasteiger charge is 2.56. The summed E-state index contributed by atoms with van der Waals surface area (Å²) in [6.07, 6.45) is 7.96. The number of carbonyl (C=O) groups excluding carboxylic acids is 2.